The number of nitro benzene ring substituents is 1. The van der Waals surface area contributed by atoms with Crippen LogP contribution in [-0.4, -0.2) is 16.7 Å². The molecule has 2 rings (SSSR count). The Bertz CT molecular complexity index is 654. The number of nitro groups is 1. The average Bonchev–Trinajstić information content (AvgIpc) is 2.56. The topological polar surface area (TPSA) is 86.2 Å². The molecule has 2 N–H and O–H groups in total. The lowest BCUT2D eigenvalue weighted by atomic mass is 9.98. The monoisotopic (exact) mass is 312 g/mol. The molecule has 0 fully saturated rings. The van der Waals surface area contributed by atoms with Crippen molar-refractivity contribution < 1.29 is 9.72 Å². The van der Waals surface area contributed by atoms with Gasteiger partial charge in [0.05, 0.1) is 11.0 Å². The van der Waals surface area contributed by atoms with Crippen molar-refractivity contribution >= 4 is 11.5 Å². The van der Waals surface area contributed by atoms with Crippen LogP contribution < -0.4 is 5.73 Å². The van der Waals surface area contributed by atoms with E-state index in [1.807, 2.05) is 30.3 Å². The number of hydrogen-bond donors (Lipinski definition) is 1. The predicted molar refractivity (Wildman–Crippen MR) is 89.2 cm³/mol. The summed E-state index contributed by atoms with van der Waals surface area (Å²) in [7, 11) is 0. The second-order valence-corrected chi connectivity index (χ2v) is 5.54. The van der Waals surface area contributed by atoms with E-state index in [1.165, 1.54) is 17.7 Å². The molecule has 1 atom stereocenters. The van der Waals surface area contributed by atoms with E-state index in [9.17, 15) is 14.9 Å². The minimum absolute atomic E-state index is 0.0271. The first-order chi connectivity index (χ1) is 11.1. The van der Waals surface area contributed by atoms with Crippen LogP contribution in [0.2, 0.25) is 0 Å². The van der Waals surface area contributed by atoms with Gasteiger partial charge in [0.25, 0.3) is 5.69 Å². The lowest BCUT2D eigenvalue weighted by Gasteiger charge is -2.10. The Balaban J connectivity index is 1.79. The van der Waals surface area contributed by atoms with Crippen molar-refractivity contribution in [3.05, 3.63) is 75.8 Å². The van der Waals surface area contributed by atoms with Gasteiger partial charge in [-0.3, -0.25) is 14.9 Å². The fourth-order valence-corrected chi connectivity index (χ4v) is 2.42. The predicted octanol–water partition coefficient (Wildman–Crippen LogP) is 3.06. The van der Waals surface area contributed by atoms with Gasteiger partial charge in [0.15, 0.2) is 0 Å². The zero-order valence-corrected chi connectivity index (χ0v) is 12.9. The highest BCUT2D eigenvalue weighted by atomic mass is 16.6. The third kappa shape index (κ3) is 5.30. The molecule has 0 spiro atoms. The molecule has 5 heteroatoms. The third-order valence-electron chi connectivity index (χ3n) is 3.75. The largest absolute Gasteiger partial charge is 0.321 e. The molecule has 0 aliphatic carbocycles. The van der Waals surface area contributed by atoms with Crippen LogP contribution in [0, 0.1) is 10.1 Å². The number of benzene rings is 2. The Kier molecular flexibility index (Phi) is 6.00. The van der Waals surface area contributed by atoms with Crippen molar-refractivity contribution in [1.29, 1.82) is 0 Å². The van der Waals surface area contributed by atoms with Gasteiger partial charge in [-0.25, -0.2) is 0 Å². The summed E-state index contributed by atoms with van der Waals surface area (Å²) in [5.41, 5.74) is 8.03. The smallest absolute Gasteiger partial charge is 0.269 e. The number of Topliss-reactive ketones (excluding diaryl/α,β-unsaturated/α-hetero) is 1. The minimum Gasteiger partial charge on any atom is -0.321 e. The molecule has 0 heterocycles. The van der Waals surface area contributed by atoms with Gasteiger partial charge in [-0.2, -0.15) is 0 Å². The first kappa shape index (κ1) is 16.8. The number of rotatable bonds is 8. The van der Waals surface area contributed by atoms with Crippen LogP contribution in [0.1, 0.15) is 24.0 Å². The lowest BCUT2D eigenvalue weighted by molar-refractivity contribution is -0.384. The number of hydrogen-bond acceptors (Lipinski definition) is 4. The van der Waals surface area contributed by atoms with Crippen LogP contribution in [0.15, 0.2) is 54.6 Å². The third-order valence-corrected chi connectivity index (χ3v) is 3.75. The Morgan fingerprint density at radius 3 is 2.30 bits per heavy atom. The summed E-state index contributed by atoms with van der Waals surface area (Å²) in [4.78, 5) is 22.2. The zero-order chi connectivity index (χ0) is 16.7. The van der Waals surface area contributed by atoms with E-state index in [1.54, 1.807) is 12.1 Å². The zero-order valence-electron chi connectivity index (χ0n) is 12.9. The molecule has 0 radical (unpaired) electrons. The molecular formula is C18H20N2O3. The van der Waals surface area contributed by atoms with Crippen molar-refractivity contribution in [3.8, 4) is 0 Å². The number of ketones is 1. The van der Waals surface area contributed by atoms with Gasteiger partial charge in [-0.1, -0.05) is 42.5 Å². The highest BCUT2D eigenvalue weighted by Gasteiger charge is 2.14. The average molecular weight is 312 g/mol. The van der Waals surface area contributed by atoms with E-state index in [4.69, 9.17) is 5.73 Å². The van der Waals surface area contributed by atoms with Crippen molar-refractivity contribution in [2.45, 2.75) is 31.7 Å². The highest BCUT2D eigenvalue weighted by molar-refractivity contribution is 5.84. The molecule has 0 aromatic heterocycles. The van der Waals surface area contributed by atoms with Crippen LogP contribution in [0.25, 0.3) is 0 Å². The molecule has 1 unspecified atom stereocenters. The molecule has 23 heavy (non-hydrogen) atoms. The number of non-ortho nitro benzene ring substituents is 1. The van der Waals surface area contributed by atoms with Gasteiger partial charge in [-0.05, 0) is 30.4 Å². The second-order valence-electron chi connectivity index (χ2n) is 5.54. The number of aryl methyl sites for hydroxylation is 1. The van der Waals surface area contributed by atoms with Crippen LogP contribution in [0.4, 0.5) is 5.69 Å². The molecule has 0 amide bonds. The number of carbonyl (C=O) groups excluding carboxylic acids is 1. The molecule has 0 aliphatic rings. The van der Waals surface area contributed by atoms with E-state index >= 15 is 0 Å². The number of nitrogens with zero attached hydrogens (tertiary/aromatic N) is 1. The molecule has 2 aromatic rings. The van der Waals surface area contributed by atoms with Crippen LogP contribution in [0.3, 0.4) is 0 Å². The Morgan fingerprint density at radius 2 is 1.70 bits per heavy atom. The van der Waals surface area contributed by atoms with E-state index < -0.39 is 11.0 Å². The SMILES string of the molecule is NC(Cc1ccc([N+](=O)[O-])cc1)C(=O)CCCc1ccccc1. The van der Waals surface area contributed by atoms with E-state index in [0.717, 1.165) is 18.4 Å². The van der Waals surface area contributed by atoms with Gasteiger partial charge in [0.2, 0.25) is 0 Å². The quantitative estimate of drug-likeness (QED) is 0.599. The fourth-order valence-electron chi connectivity index (χ4n) is 2.42. The van der Waals surface area contributed by atoms with Crippen molar-refractivity contribution in [1.82, 2.24) is 0 Å². The summed E-state index contributed by atoms with van der Waals surface area (Å²) < 4.78 is 0. The molecule has 0 saturated heterocycles. The molecule has 0 aliphatic heterocycles. The second kappa shape index (κ2) is 8.19. The van der Waals surface area contributed by atoms with E-state index in [2.05, 4.69) is 0 Å². The fraction of sp³-hybridized carbons (Fsp3) is 0.278. The van der Waals surface area contributed by atoms with Crippen LogP contribution in [-0.2, 0) is 17.6 Å². The summed E-state index contributed by atoms with van der Waals surface area (Å²) in [6.45, 7) is 0. The standard InChI is InChI=1S/C18H20N2O3/c19-17(13-15-9-11-16(12-10-15)20(22)23)18(21)8-4-7-14-5-2-1-3-6-14/h1-3,5-6,9-12,17H,4,7-8,13,19H2. The molecule has 120 valence electrons. The van der Waals surface area contributed by atoms with Gasteiger partial charge in [0.1, 0.15) is 5.78 Å². The summed E-state index contributed by atoms with van der Waals surface area (Å²) in [5.74, 6) is 0.0271. The van der Waals surface area contributed by atoms with Gasteiger partial charge >= 0.3 is 0 Å². The highest BCUT2D eigenvalue weighted by Crippen LogP contribution is 2.14. The van der Waals surface area contributed by atoms with Gasteiger partial charge < -0.3 is 5.73 Å². The molecule has 2 aromatic carbocycles. The Morgan fingerprint density at radius 1 is 1.04 bits per heavy atom. The first-order valence-electron chi connectivity index (χ1n) is 7.62. The maximum Gasteiger partial charge on any atom is 0.269 e. The summed E-state index contributed by atoms with van der Waals surface area (Å²) >= 11 is 0. The van der Waals surface area contributed by atoms with E-state index in [0.29, 0.717) is 12.8 Å². The summed E-state index contributed by atoms with van der Waals surface area (Å²) in [6, 6.07) is 15.6. The van der Waals surface area contributed by atoms with Crippen LogP contribution >= 0.6 is 0 Å². The molecule has 5 nitrogen and oxygen atoms in total. The van der Waals surface area contributed by atoms with Crippen LogP contribution in [0.5, 0.6) is 0 Å². The molecular weight excluding hydrogens is 292 g/mol. The maximum absolute atomic E-state index is 12.1. The minimum atomic E-state index is -0.563. The van der Waals surface area contributed by atoms with E-state index in [-0.39, 0.29) is 11.5 Å². The van der Waals surface area contributed by atoms with Crippen molar-refractivity contribution in [2.75, 3.05) is 0 Å². The van der Waals surface area contributed by atoms with Gasteiger partial charge in [-0.15, -0.1) is 0 Å². The Hall–Kier alpha value is -2.53. The number of carbonyl (C=O) groups is 1. The normalized spacial score (nSPS) is 11.9. The Labute approximate surface area is 135 Å². The summed E-state index contributed by atoms with van der Waals surface area (Å²) in [5, 5.41) is 10.6. The summed E-state index contributed by atoms with van der Waals surface area (Å²) in [6.07, 6.45) is 2.48. The first-order valence-corrected chi connectivity index (χ1v) is 7.62. The van der Waals surface area contributed by atoms with Crippen molar-refractivity contribution in [3.63, 3.8) is 0 Å². The molecule has 0 bridgehead atoms. The van der Waals surface area contributed by atoms with Gasteiger partial charge in [0, 0.05) is 18.6 Å². The molecule has 0 saturated carbocycles. The maximum atomic E-state index is 12.1. The lowest BCUT2D eigenvalue weighted by Crippen LogP contribution is -2.32. The number of nitrogens with two attached hydrogens (primary N) is 1. The van der Waals surface area contributed by atoms with Crippen molar-refractivity contribution in [2.24, 2.45) is 5.73 Å².